The molecule has 1 atom stereocenters. The molecule has 3 rings (SSSR count). The minimum absolute atomic E-state index is 0.00269. The monoisotopic (exact) mass is 313 g/mol. The molecule has 1 aromatic heterocycles. The summed E-state index contributed by atoms with van der Waals surface area (Å²) in [5, 5.41) is 3.95. The van der Waals surface area contributed by atoms with E-state index in [1.165, 1.54) is 13.1 Å². The van der Waals surface area contributed by atoms with Crippen LogP contribution in [0.4, 0.5) is 0 Å². The number of nitrogens with zero attached hydrogens (tertiary/aromatic N) is 1. The van der Waals surface area contributed by atoms with Gasteiger partial charge in [0.1, 0.15) is 0 Å². The smallest absolute Gasteiger partial charge is 0.256 e. The molecule has 6 heteroatoms. The highest BCUT2D eigenvalue weighted by Gasteiger charge is 2.30. The van der Waals surface area contributed by atoms with Crippen molar-refractivity contribution in [2.45, 2.75) is 25.8 Å². The van der Waals surface area contributed by atoms with Gasteiger partial charge in [-0.25, -0.2) is 0 Å². The Morgan fingerprint density at radius 2 is 2.04 bits per heavy atom. The zero-order chi connectivity index (χ0) is 16.4. The lowest BCUT2D eigenvalue weighted by atomic mass is 10.1. The third-order valence-electron chi connectivity index (χ3n) is 4.26. The Labute approximate surface area is 133 Å². The maximum Gasteiger partial charge on any atom is 0.256 e. The van der Waals surface area contributed by atoms with Gasteiger partial charge in [0.2, 0.25) is 5.91 Å². The fourth-order valence-electron chi connectivity index (χ4n) is 3.12. The summed E-state index contributed by atoms with van der Waals surface area (Å²) in [6, 6.07) is 7.09. The van der Waals surface area contributed by atoms with Crippen LogP contribution >= 0.6 is 0 Å². The van der Waals surface area contributed by atoms with E-state index >= 15 is 0 Å². The summed E-state index contributed by atoms with van der Waals surface area (Å²) in [4.78, 5) is 40.3. The lowest BCUT2D eigenvalue weighted by Crippen LogP contribution is -2.42. The minimum Gasteiger partial charge on any atom is -0.354 e. The first-order valence-corrected chi connectivity index (χ1v) is 7.74. The van der Waals surface area contributed by atoms with Crippen molar-refractivity contribution in [1.29, 1.82) is 0 Å². The van der Waals surface area contributed by atoms with Crippen LogP contribution in [0.2, 0.25) is 0 Å². The van der Waals surface area contributed by atoms with Gasteiger partial charge in [0.15, 0.2) is 0 Å². The molecule has 2 heterocycles. The molecule has 120 valence electrons. The maximum atomic E-state index is 12.9. The van der Waals surface area contributed by atoms with Crippen molar-refractivity contribution < 1.29 is 9.59 Å². The Hall–Kier alpha value is -2.63. The third-order valence-corrected chi connectivity index (χ3v) is 4.26. The first kappa shape index (κ1) is 15.3. The average Bonchev–Trinajstić information content (AvgIpc) is 3.01. The zero-order valence-electron chi connectivity index (χ0n) is 13.0. The van der Waals surface area contributed by atoms with Gasteiger partial charge in [-0.15, -0.1) is 0 Å². The van der Waals surface area contributed by atoms with E-state index in [-0.39, 0.29) is 23.4 Å². The number of H-pyrrole nitrogens is 1. The molecule has 23 heavy (non-hydrogen) atoms. The van der Waals surface area contributed by atoms with Crippen molar-refractivity contribution in [3.05, 3.63) is 46.4 Å². The highest BCUT2D eigenvalue weighted by molar-refractivity contribution is 6.06. The topological polar surface area (TPSA) is 82.3 Å². The molecule has 6 nitrogen and oxygen atoms in total. The van der Waals surface area contributed by atoms with E-state index < -0.39 is 0 Å². The number of aromatic nitrogens is 1. The minimum atomic E-state index is -0.201. The molecular formula is C17H19N3O3. The van der Waals surface area contributed by atoms with E-state index in [1.807, 2.05) is 6.07 Å². The first-order valence-electron chi connectivity index (χ1n) is 7.74. The van der Waals surface area contributed by atoms with Crippen molar-refractivity contribution in [1.82, 2.24) is 15.2 Å². The molecule has 2 N–H and O–H groups in total. The van der Waals surface area contributed by atoms with Crippen LogP contribution < -0.4 is 10.9 Å². The number of aromatic amines is 1. The molecule has 0 saturated carbocycles. The molecule has 0 spiro atoms. The predicted molar refractivity (Wildman–Crippen MR) is 87.3 cm³/mol. The number of hydrogen-bond donors (Lipinski definition) is 2. The number of carbonyl (C=O) groups excluding carboxylic acids is 2. The van der Waals surface area contributed by atoms with Crippen LogP contribution in [0.15, 0.2) is 35.3 Å². The lowest BCUT2D eigenvalue weighted by molar-refractivity contribution is -0.119. The number of carbonyl (C=O) groups is 2. The highest BCUT2D eigenvalue weighted by atomic mass is 16.2. The van der Waals surface area contributed by atoms with Crippen LogP contribution in [0, 0.1) is 0 Å². The molecule has 1 aliphatic rings. The number of amides is 2. The Bertz CT molecular complexity index is 812. The highest BCUT2D eigenvalue weighted by Crippen LogP contribution is 2.22. The van der Waals surface area contributed by atoms with Crippen LogP contribution in [0.1, 0.15) is 30.1 Å². The summed E-state index contributed by atoms with van der Waals surface area (Å²) in [5.41, 5.74) is 0.295. The second-order valence-corrected chi connectivity index (χ2v) is 5.81. The number of likely N-dealkylation sites (tertiary alicyclic amines) is 1. The Morgan fingerprint density at radius 1 is 1.30 bits per heavy atom. The van der Waals surface area contributed by atoms with E-state index in [0.29, 0.717) is 29.4 Å². The summed E-state index contributed by atoms with van der Waals surface area (Å²) >= 11 is 0. The largest absolute Gasteiger partial charge is 0.354 e. The summed E-state index contributed by atoms with van der Waals surface area (Å²) in [5.74, 6) is -0.205. The molecule has 0 aliphatic carbocycles. The molecule has 0 unspecified atom stereocenters. The predicted octanol–water partition coefficient (Wildman–Crippen LogP) is 1.27. The Morgan fingerprint density at radius 3 is 2.78 bits per heavy atom. The Balaban J connectivity index is 1.92. The molecule has 1 saturated heterocycles. The molecule has 1 aromatic carbocycles. The van der Waals surface area contributed by atoms with E-state index in [1.54, 1.807) is 23.1 Å². The zero-order valence-corrected chi connectivity index (χ0v) is 13.0. The molecule has 0 bridgehead atoms. The van der Waals surface area contributed by atoms with Gasteiger partial charge >= 0.3 is 0 Å². The number of rotatable bonds is 3. The van der Waals surface area contributed by atoms with Gasteiger partial charge in [0, 0.05) is 43.0 Å². The number of fused-ring (bicyclic) bond motifs is 1. The normalized spacial score (nSPS) is 17.4. The number of benzene rings is 1. The van der Waals surface area contributed by atoms with Crippen LogP contribution in [-0.4, -0.2) is 40.8 Å². The summed E-state index contributed by atoms with van der Waals surface area (Å²) in [6.45, 7) is 2.59. The van der Waals surface area contributed by atoms with Crippen molar-refractivity contribution >= 4 is 22.6 Å². The SMILES string of the molecule is CC(=O)NC[C@@H]1CCCN1C(=O)c1c[nH]c(=O)c2ccccc12. The van der Waals surface area contributed by atoms with Gasteiger partial charge in [-0.05, 0) is 18.9 Å². The standard InChI is InChI=1S/C17H19N3O3/c1-11(21)18-9-12-5-4-8-20(12)17(23)15-10-19-16(22)14-7-3-2-6-13(14)15/h2-3,6-7,10,12H,4-5,8-9H2,1H3,(H,18,21)(H,19,22)/t12-/m0/s1. The van der Waals surface area contributed by atoms with E-state index in [0.717, 1.165) is 12.8 Å². The number of pyridine rings is 1. The van der Waals surface area contributed by atoms with E-state index in [4.69, 9.17) is 0 Å². The van der Waals surface area contributed by atoms with Crippen LogP contribution in [-0.2, 0) is 4.79 Å². The molecular weight excluding hydrogens is 294 g/mol. The van der Waals surface area contributed by atoms with Gasteiger partial charge in [0.05, 0.1) is 5.56 Å². The van der Waals surface area contributed by atoms with Crippen LogP contribution in [0.5, 0.6) is 0 Å². The van der Waals surface area contributed by atoms with Gasteiger partial charge in [-0.2, -0.15) is 0 Å². The van der Waals surface area contributed by atoms with Crippen molar-refractivity contribution in [3.63, 3.8) is 0 Å². The van der Waals surface area contributed by atoms with Gasteiger partial charge in [0.25, 0.3) is 11.5 Å². The van der Waals surface area contributed by atoms with Crippen molar-refractivity contribution in [2.24, 2.45) is 0 Å². The Kier molecular flexibility index (Phi) is 4.14. The second-order valence-electron chi connectivity index (χ2n) is 5.81. The molecule has 0 radical (unpaired) electrons. The molecule has 1 fully saturated rings. The molecule has 2 amide bonds. The fraction of sp³-hybridized carbons (Fsp3) is 0.353. The number of nitrogens with one attached hydrogen (secondary N) is 2. The van der Waals surface area contributed by atoms with Crippen LogP contribution in [0.25, 0.3) is 10.8 Å². The number of hydrogen-bond acceptors (Lipinski definition) is 3. The van der Waals surface area contributed by atoms with E-state index in [2.05, 4.69) is 10.3 Å². The third kappa shape index (κ3) is 2.97. The van der Waals surface area contributed by atoms with Gasteiger partial charge < -0.3 is 15.2 Å². The molecule has 1 aliphatic heterocycles. The van der Waals surface area contributed by atoms with Crippen molar-refractivity contribution in [3.8, 4) is 0 Å². The summed E-state index contributed by atoms with van der Waals surface area (Å²) in [6.07, 6.45) is 3.27. The van der Waals surface area contributed by atoms with Gasteiger partial charge in [-0.1, -0.05) is 18.2 Å². The second kappa shape index (κ2) is 6.24. The first-order chi connectivity index (χ1) is 11.1. The molecule has 2 aromatic rings. The summed E-state index contributed by atoms with van der Waals surface area (Å²) < 4.78 is 0. The fourth-order valence-corrected chi connectivity index (χ4v) is 3.12. The van der Waals surface area contributed by atoms with Crippen LogP contribution in [0.3, 0.4) is 0 Å². The van der Waals surface area contributed by atoms with Crippen molar-refractivity contribution in [2.75, 3.05) is 13.1 Å². The quantitative estimate of drug-likeness (QED) is 0.895. The lowest BCUT2D eigenvalue weighted by Gasteiger charge is -2.25. The van der Waals surface area contributed by atoms with E-state index in [9.17, 15) is 14.4 Å². The summed E-state index contributed by atoms with van der Waals surface area (Å²) in [7, 11) is 0. The average molecular weight is 313 g/mol. The van der Waals surface area contributed by atoms with Gasteiger partial charge in [-0.3, -0.25) is 14.4 Å². The maximum absolute atomic E-state index is 12.9.